The third-order valence-corrected chi connectivity index (χ3v) is 2.67. The van der Waals surface area contributed by atoms with Crippen LogP contribution in [0.15, 0.2) is 53.1 Å². The number of rotatable bonds is 6. The lowest BCUT2D eigenvalue weighted by Crippen LogP contribution is -2.31. The predicted octanol–water partition coefficient (Wildman–Crippen LogP) is 3.20. The molecule has 4 heteroatoms. The largest absolute Gasteiger partial charge is 0.469 e. The van der Waals surface area contributed by atoms with Gasteiger partial charge in [-0.05, 0) is 12.1 Å². The van der Waals surface area contributed by atoms with E-state index >= 15 is 0 Å². The highest BCUT2D eigenvalue weighted by Crippen LogP contribution is 2.26. The van der Waals surface area contributed by atoms with Crippen LogP contribution in [0.2, 0.25) is 0 Å². The standard InChI is InChI=1S/C14H15F2NO/c15-14(16,12-5-2-1-3-6-12)11-17-9-8-13-7-4-10-18-13/h1-7,10,17H,8-9,11H2. The van der Waals surface area contributed by atoms with Gasteiger partial charge in [0, 0.05) is 18.5 Å². The van der Waals surface area contributed by atoms with Crippen LogP contribution in [-0.2, 0) is 12.3 Å². The Balaban J connectivity index is 1.79. The minimum atomic E-state index is -2.84. The molecule has 0 bridgehead atoms. The minimum Gasteiger partial charge on any atom is -0.469 e. The van der Waals surface area contributed by atoms with E-state index in [0.717, 1.165) is 5.76 Å². The average Bonchev–Trinajstić information content (AvgIpc) is 2.89. The van der Waals surface area contributed by atoms with Crippen LogP contribution < -0.4 is 5.32 Å². The zero-order valence-electron chi connectivity index (χ0n) is 9.90. The van der Waals surface area contributed by atoms with Crippen molar-refractivity contribution < 1.29 is 13.2 Å². The van der Waals surface area contributed by atoms with Crippen molar-refractivity contribution in [3.05, 3.63) is 60.1 Å². The molecule has 1 N–H and O–H groups in total. The van der Waals surface area contributed by atoms with Gasteiger partial charge in [0.05, 0.1) is 12.8 Å². The van der Waals surface area contributed by atoms with E-state index in [9.17, 15) is 8.78 Å². The highest BCUT2D eigenvalue weighted by molar-refractivity contribution is 5.20. The molecule has 2 aromatic rings. The zero-order chi connectivity index (χ0) is 12.8. The third-order valence-electron chi connectivity index (χ3n) is 2.67. The topological polar surface area (TPSA) is 25.2 Å². The van der Waals surface area contributed by atoms with Gasteiger partial charge in [-0.2, -0.15) is 8.78 Å². The number of halogens is 2. The first-order valence-corrected chi connectivity index (χ1v) is 5.85. The summed E-state index contributed by atoms with van der Waals surface area (Å²) in [5.74, 6) is -2.05. The Morgan fingerprint density at radius 2 is 1.83 bits per heavy atom. The van der Waals surface area contributed by atoms with Gasteiger partial charge in [0.1, 0.15) is 5.76 Å². The molecule has 2 nitrogen and oxygen atoms in total. The van der Waals surface area contributed by atoms with Crippen LogP contribution in [0, 0.1) is 0 Å². The number of alkyl halides is 2. The lowest BCUT2D eigenvalue weighted by molar-refractivity contribution is -0.00293. The number of furan rings is 1. The maximum Gasteiger partial charge on any atom is 0.285 e. The molecule has 1 aromatic heterocycles. The molecule has 0 saturated carbocycles. The Labute approximate surface area is 105 Å². The maximum absolute atomic E-state index is 13.7. The van der Waals surface area contributed by atoms with Crippen molar-refractivity contribution in [2.24, 2.45) is 0 Å². The summed E-state index contributed by atoms with van der Waals surface area (Å²) in [6, 6.07) is 11.5. The second kappa shape index (κ2) is 5.78. The van der Waals surface area contributed by atoms with E-state index < -0.39 is 5.92 Å². The first kappa shape index (κ1) is 12.8. The molecule has 0 amide bonds. The van der Waals surface area contributed by atoms with Crippen LogP contribution in [0.3, 0.4) is 0 Å². The van der Waals surface area contributed by atoms with E-state index in [2.05, 4.69) is 5.32 Å². The van der Waals surface area contributed by atoms with Gasteiger partial charge < -0.3 is 9.73 Å². The van der Waals surface area contributed by atoms with Crippen LogP contribution in [0.4, 0.5) is 8.78 Å². The minimum absolute atomic E-state index is 0.0375. The van der Waals surface area contributed by atoms with E-state index in [-0.39, 0.29) is 12.1 Å². The Morgan fingerprint density at radius 3 is 2.50 bits per heavy atom. The first-order chi connectivity index (χ1) is 8.68. The molecule has 18 heavy (non-hydrogen) atoms. The van der Waals surface area contributed by atoms with Gasteiger partial charge in [-0.15, -0.1) is 0 Å². The van der Waals surface area contributed by atoms with E-state index in [1.807, 2.05) is 6.07 Å². The summed E-state index contributed by atoms with van der Waals surface area (Å²) >= 11 is 0. The summed E-state index contributed by atoms with van der Waals surface area (Å²) in [6.45, 7) is 0.105. The fourth-order valence-corrected chi connectivity index (χ4v) is 1.70. The molecule has 0 atom stereocenters. The molecule has 0 aliphatic heterocycles. The second-order valence-corrected chi connectivity index (χ2v) is 4.08. The summed E-state index contributed by atoms with van der Waals surface area (Å²) in [6.07, 6.45) is 2.19. The fraction of sp³-hybridized carbons (Fsp3) is 0.286. The monoisotopic (exact) mass is 251 g/mol. The normalized spacial score (nSPS) is 11.7. The highest BCUT2D eigenvalue weighted by Gasteiger charge is 2.30. The van der Waals surface area contributed by atoms with Gasteiger partial charge in [-0.25, -0.2) is 0 Å². The SMILES string of the molecule is FC(F)(CNCCc1ccco1)c1ccccc1. The quantitative estimate of drug-likeness (QED) is 0.797. The van der Waals surface area contributed by atoms with Gasteiger partial charge in [-0.3, -0.25) is 0 Å². The average molecular weight is 251 g/mol. The molecular weight excluding hydrogens is 236 g/mol. The molecule has 0 aliphatic carbocycles. The first-order valence-electron chi connectivity index (χ1n) is 5.85. The van der Waals surface area contributed by atoms with Crippen LogP contribution in [0.1, 0.15) is 11.3 Å². The molecule has 0 fully saturated rings. The van der Waals surface area contributed by atoms with Gasteiger partial charge in [0.15, 0.2) is 0 Å². The number of hydrogen-bond acceptors (Lipinski definition) is 2. The van der Waals surface area contributed by atoms with Crippen molar-refractivity contribution in [1.82, 2.24) is 5.32 Å². The Hall–Kier alpha value is -1.68. The Kier molecular flexibility index (Phi) is 4.10. The molecule has 0 saturated heterocycles. The van der Waals surface area contributed by atoms with Crippen molar-refractivity contribution in [2.45, 2.75) is 12.3 Å². The summed E-state index contributed by atoms with van der Waals surface area (Å²) in [4.78, 5) is 0. The van der Waals surface area contributed by atoms with Crippen molar-refractivity contribution in [2.75, 3.05) is 13.1 Å². The van der Waals surface area contributed by atoms with Gasteiger partial charge >= 0.3 is 0 Å². The maximum atomic E-state index is 13.7. The van der Waals surface area contributed by atoms with E-state index in [1.165, 1.54) is 12.1 Å². The van der Waals surface area contributed by atoms with Gasteiger partial charge in [0.2, 0.25) is 0 Å². The van der Waals surface area contributed by atoms with Gasteiger partial charge in [-0.1, -0.05) is 30.3 Å². The predicted molar refractivity (Wildman–Crippen MR) is 65.6 cm³/mol. The summed E-state index contributed by atoms with van der Waals surface area (Å²) in [5, 5.41) is 2.75. The second-order valence-electron chi connectivity index (χ2n) is 4.08. The summed E-state index contributed by atoms with van der Waals surface area (Å²) < 4.78 is 32.6. The lowest BCUT2D eigenvalue weighted by Gasteiger charge is -2.17. The molecule has 0 radical (unpaired) electrons. The number of hydrogen-bond donors (Lipinski definition) is 1. The van der Waals surface area contributed by atoms with Gasteiger partial charge in [0.25, 0.3) is 5.92 Å². The van der Waals surface area contributed by atoms with Crippen molar-refractivity contribution in [1.29, 1.82) is 0 Å². The Morgan fingerprint density at radius 1 is 1.06 bits per heavy atom. The molecule has 96 valence electrons. The lowest BCUT2D eigenvalue weighted by atomic mass is 10.1. The van der Waals surface area contributed by atoms with Crippen molar-refractivity contribution >= 4 is 0 Å². The smallest absolute Gasteiger partial charge is 0.285 e. The van der Waals surface area contributed by atoms with E-state index in [4.69, 9.17) is 4.42 Å². The summed E-state index contributed by atoms with van der Waals surface area (Å²) in [5.41, 5.74) is 0.0375. The molecule has 0 unspecified atom stereocenters. The van der Waals surface area contributed by atoms with Crippen molar-refractivity contribution in [3.63, 3.8) is 0 Å². The Bertz CT molecular complexity index is 454. The van der Waals surface area contributed by atoms with E-state index in [0.29, 0.717) is 13.0 Å². The molecular formula is C14H15F2NO. The molecule has 0 aliphatic rings. The fourth-order valence-electron chi connectivity index (χ4n) is 1.70. The summed E-state index contributed by atoms with van der Waals surface area (Å²) in [7, 11) is 0. The van der Waals surface area contributed by atoms with E-state index in [1.54, 1.807) is 30.5 Å². The highest BCUT2D eigenvalue weighted by atomic mass is 19.3. The zero-order valence-corrected chi connectivity index (χ0v) is 9.90. The molecule has 2 rings (SSSR count). The van der Waals surface area contributed by atoms with Crippen LogP contribution in [0.25, 0.3) is 0 Å². The van der Waals surface area contributed by atoms with Crippen LogP contribution in [0.5, 0.6) is 0 Å². The van der Waals surface area contributed by atoms with Crippen LogP contribution in [-0.4, -0.2) is 13.1 Å². The van der Waals surface area contributed by atoms with Crippen molar-refractivity contribution in [3.8, 4) is 0 Å². The molecule has 1 heterocycles. The van der Waals surface area contributed by atoms with Crippen LogP contribution >= 0.6 is 0 Å². The molecule has 0 spiro atoms. The molecule has 1 aromatic carbocycles. The number of nitrogens with one attached hydrogen (secondary N) is 1. The third kappa shape index (κ3) is 3.40. The number of benzene rings is 1.